The van der Waals surface area contributed by atoms with Gasteiger partial charge in [-0.3, -0.25) is 0 Å². The zero-order valence-electron chi connectivity index (χ0n) is 13.1. The molecule has 0 aliphatic heterocycles. The Kier molecular flexibility index (Phi) is 5.93. The molecule has 2 rings (SSSR count). The van der Waals surface area contributed by atoms with E-state index in [4.69, 9.17) is 9.47 Å². The van der Waals surface area contributed by atoms with Crippen LogP contribution in [-0.2, 0) is 6.42 Å². The third kappa shape index (κ3) is 4.93. The first-order valence-corrected chi connectivity index (χ1v) is 7.38. The number of rotatable bonds is 7. The van der Waals surface area contributed by atoms with Gasteiger partial charge in [-0.2, -0.15) is 0 Å². The van der Waals surface area contributed by atoms with E-state index in [0.717, 1.165) is 23.4 Å². The molecule has 0 heterocycles. The molecule has 0 saturated carbocycles. The summed E-state index contributed by atoms with van der Waals surface area (Å²) in [5.41, 5.74) is 1.01. The number of aliphatic hydroxyl groups is 1. The molecule has 2 aromatic rings. The van der Waals surface area contributed by atoms with Crippen molar-refractivity contribution in [2.45, 2.75) is 19.4 Å². The van der Waals surface area contributed by atoms with E-state index in [1.165, 1.54) is 6.07 Å². The summed E-state index contributed by atoms with van der Waals surface area (Å²) in [4.78, 5) is 0. The molecule has 5 heteroatoms. The highest BCUT2D eigenvalue weighted by Crippen LogP contribution is 2.21. The molecule has 0 fully saturated rings. The highest BCUT2D eigenvalue weighted by Gasteiger charge is 2.18. The molecule has 0 spiro atoms. The Balaban J connectivity index is 2.00. The monoisotopic (exact) mass is 322 g/mol. The summed E-state index contributed by atoms with van der Waals surface area (Å²) < 4.78 is 37.0. The average molecular weight is 322 g/mol. The second-order valence-electron chi connectivity index (χ2n) is 5.44. The highest BCUT2D eigenvalue weighted by atomic mass is 19.1. The minimum absolute atomic E-state index is 0.0215. The number of aliphatic hydroxyl groups excluding tert-OH is 1. The molecule has 0 unspecified atom stereocenters. The molecular weight excluding hydrogens is 302 g/mol. The maximum Gasteiger partial charge on any atom is 0.167 e. The van der Waals surface area contributed by atoms with Gasteiger partial charge >= 0.3 is 0 Å². The second kappa shape index (κ2) is 7.92. The number of hydrogen-bond donors (Lipinski definition) is 1. The Morgan fingerprint density at radius 3 is 2.35 bits per heavy atom. The topological polar surface area (TPSA) is 38.7 Å². The minimum atomic E-state index is -0.751. The van der Waals surface area contributed by atoms with Gasteiger partial charge in [-0.05, 0) is 43.2 Å². The second-order valence-corrected chi connectivity index (χ2v) is 5.44. The van der Waals surface area contributed by atoms with E-state index in [0.29, 0.717) is 6.42 Å². The van der Waals surface area contributed by atoms with E-state index in [1.807, 2.05) is 24.3 Å². The predicted octanol–water partition coefficient (Wildman–Crippen LogP) is 3.59. The molecule has 0 aromatic heterocycles. The number of hydrogen-bond acceptors (Lipinski definition) is 3. The molecule has 2 aromatic carbocycles. The van der Waals surface area contributed by atoms with Gasteiger partial charge in [0.25, 0.3) is 0 Å². The zero-order valence-corrected chi connectivity index (χ0v) is 13.1. The predicted molar refractivity (Wildman–Crippen MR) is 83.7 cm³/mol. The Bertz CT molecular complexity index is 627. The molecule has 0 saturated heterocycles. The van der Waals surface area contributed by atoms with Gasteiger partial charge in [0.15, 0.2) is 11.6 Å². The molecule has 0 radical (unpaired) electrons. The average Bonchev–Trinajstić information content (AvgIpc) is 2.53. The van der Waals surface area contributed by atoms with Gasteiger partial charge in [-0.25, -0.2) is 8.78 Å². The quantitative estimate of drug-likeness (QED) is 0.846. The fourth-order valence-corrected chi connectivity index (χ4v) is 2.22. The minimum Gasteiger partial charge on any atom is -0.497 e. The van der Waals surface area contributed by atoms with Crippen LogP contribution >= 0.6 is 0 Å². The summed E-state index contributed by atoms with van der Waals surface area (Å²) in [6.07, 6.45) is -0.0506. The molecular formula is C18H20F2O3. The third-order valence-electron chi connectivity index (χ3n) is 3.69. The van der Waals surface area contributed by atoms with Crippen molar-refractivity contribution >= 4 is 0 Å². The van der Waals surface area contributed by atoms with Crippen LogP contribution in [0, 0.1) is 17.6 Å². The lowest BCUT2D eigenvalue weighted by molar-refractivity contribution is 0.0874. The molecule has 3 nitrogen and oxygen atoms in total. The SMILES string of the molecule is COc1ccc(C[C@H](COc2ccc(F)cc2F)[C@H](C)O)cc1. The smallest absolute Gasteiger partial charge is 0.167 e. The van der Waals surface area contributed by atoms with Crippen LogP contribution in [0.3, 0.4) is 0 Å². The van der Waals surface area contributed by atoms with E-state index in [2.05, 4.69) is 0 Å². The lowest BCUT2D eigenvalue weighted by Gasteiger charge is -2.21. The first kappa shape index (κ1) is 17.2. The standard InChI is InChI=1S/C18H20F2O3/c1-12(21)14(9-13-3-6-16(22-2)7-4-13)11-23-18-8-5-15(19)10-17(18)20/h3-8,10,12,14,21H,9,11H2,1-2H3/t12-,14+/m0/s1. The van der Waals surface area contributed by atoms with Crippen LogP contribution in [0.1, 0.15) is 12.5 Å². The third-order valence-corrected chi connectivity index (χ3v) is 3.69. The van der Waals surface area contributed by atoms with E-state index in [1.54, 1.807) is 14.0 Å². The van der Waals surface area contributed by atoms with E-state index < -0.39 is 17.7 Å². The highest BCUT2D eigenvalue weighted by molar-refractivity contribution is 5.28. The summed E-state index contributed by atoms with van der Waals surface area (Å²) >= 11 is 0. The molecule has 1 N–H and O–H groups in total. The van der Waals surface area contributed by atoms with Crippen molar-refractivity contribution in [3.8, 4) is 11.5 Å². The van der Waals surface area contributed by atoms with Gasteiger partial charge in [0.2, 0.25) is 0 Å². The summed E-state index contributed by atoms with van der Waals surface area (Å²) in [5.74, 6) is -0.884. The van der Waals surface area contributed by atoms with Gasteiger partial charge in [0, 0.05) is 12.0 Å². The lowest BCUT2D eigenvalue weighted by Crippen LogP contribution is -2.26. The van der Waals surface area contributed by atoms with Crippen LogP contribution in [0.5, 0.6) is 11.5 Å². The Morgan fingerprint density at radius 2 is 1.78 bits per heavy atom. The van der Waals surface area contributed by atoms with Crippen LogP contribution in [0.25, 0.3) is 0 Å². The Labute approximate surface area is 134 Å². The summed E-state index contributed by atoms with van der Waals surface area (Å²) in [6, 6.07) is 10.7. The van der Waals surface area contributed by atoms with Crippen molar-refractivity contribution in [2.24, 2.45) is 5.92 Å². The van der Waals surface area contributed by atoms with Crippen molar-refractivity contribution in [3.63, 3.8) is 0 Å². The molecule has 0 aliphatic rings. The van der Waals surface area contributed by atoms with E-state index >= 15 is 0 Å². The van der Waals surface area contributed by atoms with Gasteiger partial charge in [0.05, 0.1) is 19.8 Å². The molecule has 23 heavy (non-hydrogen) atoms. The van der Waals surface area contributed by atoms with Crippen molar-refractivity contribution < 1.29 is 23.4 Å². The normalized spacial score (nSPS) is 13.4. The fourth-order valence-electron chi connectivity index (χ4n) is 2.22. The summed E-state index contributed by atoms with van der Waals surface area (Å²) in [7, 11) is 1.60. The molecule has 0 amide bonds. The number of benzene rings is 2. The number of halogens is 2. The summed E-state index contributed by atoms with van der Waals surface area (Å²) in [6.45, 7) is 1.80. The van der Waals surface area contributed by atoms with Crippen molar-refractivity contribution in [1.82, 2.24) is 0 Å². The summed E-state index contributed by atoms with van der Waals surface area (Å²) in [5, 5.41) is 9.91. The maximum atomic E-state index is 13.6. The van der Waals surface area contributed by atoms with Crippen LogP contribution in [0.2, 0.25) is 0 Å². The van der Waals surface area contributed by atoms with Crippen molar-refractivity contribution in [1.29, 1.82) is 0 Å². The Hall–Kier alpha value is -2.14. The largest absolute Gasteiger partial charge is 0.497 e. The van der Waals surface area contributed by atoms with Crippen LogP contribution in [0.15, 0.2) is 42.5 Å². The number of ether oxygens (including phenoxy) is 2. The van der Waals surface area contributed by atoms with Crippen LogP contribution in [0.4, 0.5) is 8.78 Å². The molecule has 2 atom stereocenters. The number of methoxy groups -OCH3 is 1. The first-order valence-electron chi connectivity index (χ1n) is 7.38. The molecule has 0 aliphatic carbocycles. The molecule has 0 bridgehead atoms. The zero-order chi connectivity index (χ0) is 16.8. The van der Waals surface area contributed by atoms with E-state index in [-0.39, 0.29) is 18.3 Å². The fraction of sp³-hybridized carbons (Fsp3) is 0.333. The van der Waals surface area contributed by atoms with Crippen LogP contribution < -0.4 is 9.47 Å². The first-order chi connectivity index (χ1) is 11.0. The maximum absolute atomic E-state index is 13.6. The van der Waals surface area contributed by atoms with E-state index in [9.17, 15) is 13.9 Å². The van der Waals surface area contributed by atoms with Crippen molar-refractivity contribution in [2.75, 3.05) is 13.7 Å². The van der Waals surface area contributed by atoms with Crippen LogP contribution in [-0.4, -0.2) is 24.9 Å². The lowest BCUT2D eigenvalue weighted by atomic mass is 9.95. The van der Waals surface area contributed by atoms with Gasteiger partial charge in [-0.1, -0.05) is 12.1 Å². The Morgan fingerprint density at radius 1 is 1.09 bits per heavy atom. The molecule has 124 valence electrons. The van der Waals surface area contributed by atoms with Gasteiger partial charge in [-0.15, -0.1) is 0 Å². The van der Waals surface area contributed by atoms with Gasteiger partial charge < -0.3 is 14.6 Å². The van der Waals surface area contributed by atoms with Gasteiger partial charge in [0.1, 0.15) is 11.6 Å². The van der Waals surface area contributed by atoms with Crippen molar-refractivity contribution in [3.05, 3.63) is 59.7 Å².